The van der Waals surface area contributed by atoms with Gasteiger partial charge in [-0.1, -0.05) is 0 Å². The number of aliphatic hydroxyl groups excluding tert-OH is 7. The molecule has 2 rings (SSSR count). The molecule has 2 aliphatic heterocycles. The molecular formula is C31H57N3O16. The summed E-state index contributed by atoms with van der Waals surface area (Å²) in [5, 5.41) is 79.2. The van der Waals surface area contributed by atoms with Crippen LogP contribution in [0.15, 0.2) is 0 Å². The van der Waals surface area contributed by atoms with E-state index in [9.17, 15) is 50.1 Å². The lowest BCUT2D eigenvalue weighted by molar-refractivity contribution is -0.306. The average Bonchev–Trinajstić information content (AvgIpc) is 3.07. The van der Waals surface area contributed by atoms with Crippen molar-refractivity contribution in [1.82, 2.24) is 16.0 Å². The van der Waals surface area contributed by atoms with Gasteiger partial charge >= 0.3 is 0 Å². The fourth-order valence-electron chi connectivity index (χ4n) is 5.33. The molecule has 50 heavy (non-hydrogen) atoms. The van der Waals surface area contributed by atoms with E-state index in [1.165, 1.54) is 6.92 Å². The molecule has 0 spiro atoms. The van der Waals surface area contributed by atoms with E-state index in [-0.39, 0.29) is 37.8 Å². The van der Waals surface area contributed by atoms with E-state index < -0.39 is 106 Å². The second kappa shape index (κ2) is 22.7. The lowest BCUT2D eigenvalue weighted by atomic mass is 9.97. The van der Waals surface area contributed by atoms with Crippen molar-refractivity contribution in [1.29, 1.82) is 0 Å². The highest BCUT2D eigenvalue weighted by Gasteiger charge is 2.46. The number of ether oxygens (including phenoxy) is 6. The van der Waals surface area contributed by atoms with E-state index >= 15 is 0 Å². The number of rotatable bonds is 22. The summed E-state index contributed by atoms with van der Waals surface area (Å²) >= 11 is 0. The molecule has 2 aliphatic rings. The maximum Gasteiger partial charge on any atom is 0.219 e. The van der Waals surface area contributed by atoms with Gasteiger partial charge in [0.25, 0.3) is 0 Å². The van der Waals surface area contributed by atoms with Crippen LogP contribution in [0.2, 0.25) is 0 Å². The molecule has 0 radical (unpaired) electrons. The molecule has 2 saturated heterocycles. The number of amides is 3. The van der Waals surface area contributed by atoms with Crippen molar-refractivity contribution >= 4 is 17.7 Å². The Hall–Kier alpha value is -2.11. The second-order valence-corrected chi connectivity index (χ2v) is 12.4. The first-order chi connectivity index (χ1) is 23.7. The zero-order valence-corrected chi connectivity index (χ0v) is 29.1. The van der Waals surface area contributed by atoms with Crippen LogP contribution in [0.5, 0.6) is 0 Å². The number of carbonyl (C=O) groups is 3. The van der Waals surface area contributed by atoms with Crippen LogP contribution >= 0.6 is 0 Å². The van der Waals surface area contributed by atoms with E-state index in [0.717, 1.165) is 0 Å². The highest BCUT2D eigenvalue weighted by atomic mass is 16.7. The normalized spacial score (nSPS) is 30.9. The van der Waals surface area contributed by atoms with Crippen molar-refractivity contribution in [2.24, 2.45) is 0 Å². The van der Waals surface area contributed by atoms with Crippen molar-refractivity contribution in [2.45, 2.75) is 139 Å². The first kappa shape index (κ1) is 44.1. The van der Waals surface area contributed by atoms with Crippen molar-refractivity contribution < 1.29 is 78.6 Å². The number of hydrogen-bond acceptors (Lipinski definition) is 16. The third-order valence-electron chi connectivity index (χ3n) is 8.29. The Morgan fingerprint density at radius 3 is 2.24 bits per heavy atom. The van der Waals surface area contributed by atoms with E-state index in [1.807, 2.05) is 0 Å². The van der Waals surface area contributed by atoms with Gasteiger partial charge in [-0.3, -0.25) is 14.4 Å². The van der Waals surface area contributed by atoms with Crippen LogP contribution in [0.3, 0.4) is 0 Å². The Balaban J connectivity index is 2.01. The molecule has 13 atom stereocenters. The minimum Gasteiger partial charge on any atom is -0.394 e. The monoisotopic (exact) mass is 727 g/mol. The minimum absolute atomic E-state index is 0.0421. The molecule has 2 heterocycles. The quantitative estimate of drug-likeness (QED) is 0.0377. The smallest absolute Gasteiger partial charge is 0.219 e. The van der Waals surface area contributed by atoms with E-state index in [0.29, 0.717) is 25.7 Å². The molecule has 10 N–H and O–H groups in total. The van der Waals surface area contributed by atoms with E-state index in [1.54, 1.807) is 20.9 Å². The zero-order chi connectivity index (χ0) is 37.4. The van der Waals surface area contributed by atoms with Crippen LogP contribution < -0.4 is 16.0 Å². The molecule has 0 bridgehead atoms. The van der Waals surface area contributed by atoms with Crippen molar-refractivity contribution in [3.05, 3.63) is 0 Å². The molecule has 2 fully saturated rings. The standard InChI is InChI=1S/C31H57N3O16/c1-16-27(42)19(38)12-25(47-16)48-17(2)30(45-11-7-10-33-24(41)9-6-5-8-23(40)32-4)49-21(13-35)20(39)15-46-31-26(34-18(3)37)29(44)28(43)22(14-36)50-31/h16-17,19-22,25-31,35-36,38-39,42-44H,5-15H2,1-4H3,(H,32,40)(H,33,41)(H,34,37)/t16?,17-,19+,20+,21?,22?,25-,26?,27+,28-,29+,30+,31-/m0/s1. The molecule has 19 nitrogen and oxygen atoms in total. The lowest BCUT2D eigenvalue weighted by Gasteiger charge is -2.42. The van der Waals surface area contributed by atoms with Gasteiger partial charge in [0.2, 0.25) is 17.7 Å². The molecule has 0 aliphatic carbocycles. The van der Waals surface area contributed by atoms with Crippen LogP contribution in [0.1, 0.15) is 59.3 Å². The van der Waals surface area contributed by atoms with Crippen LogP contribution in [-0.2, 0) is 42.8 Å². The first-order valence-electron chi connectivity index (χ1n) is 16.9. The van der Waals surface area contributed by atoms with Crippen molar-refractivity contribution in [2.75, 3.05) is 40.0 Å². The van der Waals surface area contributed by atoms with Crippen LogP contribution in [-0.4, -0.2) is 173 Å². The Kier molecular flexibility index (Phi) is 20.0. The highest BCUT2D eigenvalue weighted by Crippen LogP contribution is 2.25. The number of hydrogen-bond donors (Lipinski definition) is 10. The largest absolute Gasteiger partial charge is 0.394 e. The summed E-state index contributed by atoms with van der Waals surface area (Å²) in [6, 6.07) is -1.26. The SMILES string of the molecule is CNC(=O)CCCCC(=O)NCCCO[C@H](OC(CO)[C@H](O)CO[C@H]1OC(CO)[C@H](O)[C@H](O)C1NC(C)=O)[C@H](C)O[C@H]1C[C@@H](O)[C@H](O)C(C)O1. The van der Waals surface area contributed by atoms with Gasteiger partial charge in [-0.05, 0) is 33.1 Å². The lowest BCUT2D eigenvalue weighted by Crippen LogP contribution is -2.64. The topological polar surface area (TPSA) is 284 Å². The van der Waals surface area contributed by atoms with Gasteiger partial charge in [-0.25, -0.2) is 0 Å². The van der Waals surface area contributed by atoms with E-state index in [4.69, 9.17) is 28.4 Å². The van der Waals surface area contributed by atoms with Gasteiger partial charge < -0.3 is 80.1 Å². The zero-order valence-electron chi connectivity index (χ0n) is 29.1. The molecule has 19 heteroatoms. The van der Waals surface area contributed by atoms with Gasteiger partial charge in [-0.2, -0.15) is 0 Å². The fourth-order valence-corrected chi connectivity index (χ4v) is 5.33. The number of aliphatic hydroxyl groups is 7. The predicted octanol–water partition coefficient (Wildman–Crippen LogP) is -3.90. The molecule has 4 unspecified atom stereocenters. The summed E-state index contributed by atoms with van der Waals surface area (Å²) in [6.07, 6.45) is -12.7. The number of nitrogens with one attached hydrogen (secondary N) is 3. The Morgan fingerprint density at radius 1 is 0.960 bits per heavy atom. The summed E-state index contributed by atoms with van der Waals surface area (Å²) in [4.78, 5) is 35.2. The predicted molar refractivity (Wildman–Crippen MR) is 171 cm³/mol. The van der Waals surface area contributed by atoms with Gasteiger partial charge in [0.1, 0.15) is 48.8 Å². The maximum absolute atomic E-state index is 12.2. The molecular weight excluding hydrogens is 670 g/mol. The van der Waals surface area contributed by atoms with Crippen LogP contribution in [0.4, 0.5) is 0 Å². The summed E-state index contributed by atoms with van der Waals surface area (Å²) < 4.78 is 34.5. The first-order valence-corrected chi connectivity index (χ1v) is 16.9. The molecule has 0 aromatic rings. The average molecular weight is 728 g/mol. The summed E-state index contributed by atoms with van der Waals surface area (Å²) in [7, 11) is 1.55. The molecule has 292 valence electrons. The third kappa shape index (κ3) is 14.5. The Labute approximate surface area is 291 Å². The number of carbonyl (C=O) groups excluding carboxylic acids is 3. The highest BCUT2D eigenvalue weighted by molar-refractivity contribution is 5.76. The fraction of sp³-hybridized carbons (Fsp3) is 0.903. The van der Waals surface area contributed by atoms with Crippen LogP contribution in [0.25, 0.3) is 0 Å². The summed E-state index contributed by atoms with van der Waals surface area (Å²) in [5.41, 5.74) is 0. The maximum atomic E-state index is 12.2. The van der Waals surface area contributed by atoms with Gasteiger partial charge in [-0.15, -0.1) is 0 Å². The van der Waals surface area contributed by atoms with Crippen molar-refractivity contribution in [3.8, 4) is 0 Å². The van der Waals surface area contributed by atoms with Gasteiger partial charge in [0.05, 0.1) is 38.6 Å². The Morgan fingerprint density at radius 2 is 1.64 bits per heavy atom. The minimum atomic E-state index is -1.57. The van der Waals surface area contributed by atoms with Gasteiger partial charge in [0.15, 0.2) is 18.9 Å². The van der Waals surface area contributed by atoms with Gasteiger partial charge in [0, 0.05) is 39.8 Å². The van der Waals surface area contributed by atoms with Crippen molar-refractivity contribution in [3.63, 3.8) is 0 Å². The summed E-state index contributed by atoms with van der Waals surface area (Å²) in [6.45, 7) is 2.67. The van der Waals surface area contributed by atoms with E-state index in [2.05, 4.69) is 16.0 Å². The molecule has 0 aromatic heterocycles. The second-order valence-electron chi connectivity index (χ2n) is 12.4. The molecule has 3 amide bonds. The van der Waals surface area contributed by atoms with Crippen LogP contribution in [0, 0.1) is 0 Å². The molecule has 0 aromatic carbocycles. The Bertz CT molecular complexity index is 1000. The summed E-state index contributed by atoms with van der Waals surface area (Å²) in [5.74, 6) is -0.845. The number of unbranched alkanes of at least 4 members (excludes halogenated alkanes) is 1. The third-order valence-corrected chi connectivity index (χ3v) is 8.29. The molecule has 0 saturated carbocycles.